The van der Waals surface area contributed by atoms with Crippen LogP contribution in [0.1, 0.15) is 22.8 Å². The van der Waals surface area contributed by atoms with Crippen molar-refractivity contribution in [2.45, 2.75) is 13.0 Å². The first-order valence-corrected chi connectivity index (χ1v) is 6.44. The number of carboxylic acid groups (broad SMARTS) is 1. The number of nitrogen functional groups attached to an aromatic ring is 1. The highest BCUT2D eigenvalue weighted by Gasteiger charge is 2.22. The van der Waals surface area contributed by atoms with E-state index in [1.54, 1.807) is 18.2 Å². The molecule has 0 aliphatic rings. The third-order valence-corrected chi connectivity index (χ3v) is 2.84. The van der Waals surface area contributed by atoms with Crippen molar-refractivity contribution in [3.8, 4) is 29.4 Å². The smallest absolute Gasteiger partial charge is 0.345 e. The second-order valence-electron chi connectivity index (χ2n) is 4.50. The lowest BCUT2D eigenvalue weighted by molar-refractivity contribution is 0.0691. The molecule has 2 rings (SSSR count). The summed E-state index contributed by atoms with van der Waals surface area (Å²) in [6, 6.07) is 10.2. The van der Waals surface area contributed by atoms with Crippen molar-refractivity contribution in [1.82, 2.24) is 9.97 Å². The number of hydrogen-bond acceptors (Lipinski definition) is 7. The van der Waals surface area contributed by atoms with Gasteiger partial charge < -0.3 is 15.6 Å². The molecule has 1 aromatic heterocycles. The summed E-state index contributed by atoms with van der Waals surface area (Å²) >= 11 is 0. The molecule has 8 nitrogen and oxygen atoms in total. The summed E-state index contributed by atoms with van der Waals surface area (Å²) in [5, 5.41) is 27.0. The number of hydrogen-bond donors (Lipinski definition) is 2. The second-order valence-corrected chi connectivity index (χ2v) is 4.50. The number of nitrogens with zero attached hydrogens (tertiary/aromatic N) is 4. The van der Waals surface area contributed by atoms with Crippen LogP contribution in [0.5, 0.6) is 5.88 Å². The van der Waals surface area contributed by atoms with Gasteiger partial charge in [0.05, 0.1) is 11.6 Å². The van der Waals surface area contributed by atoms with E-state index in [4.69, 9.17) is 21.0 Å². The van der Waals surface area contributed by atoms with Crippen molar-refractivity contribution < 1.29 is 14.6 Å². The highest BCUT2D eigenvalue weighted by molar-refractivity contribution is 5.95. The number of rotatable bonds is 4. The van der Waals surface area contributed by atoms with Crippen molar-refractivity contribution in [3.05, 3.63) is 35.4 Å². The first-order valence-electron chi connectivity index (χ1n) is 6.44. The van der Waals surface area contributed by atoms with Crippen molar-refractivity contribution in [1.29, 1.82) is 10.5 Å². The molecule has 0 fully saturated rings. The molecule has 114 valence electrons. The van der Waals surface area contributed by atoms with Crippen LogP contribution in [0.2, 0.25) is 0 Å². The molecule has 0 spiro atoms. The minimum Gasteiger partial charge on any atom is -0.477 e. The fourth-order valence-electron chi connectivity index (χ4n) is 1.79. The first-order chi connectivity index (χ1) is 11.0. The van der Waals surface area contributed by atoms with E-state index in [1.165, 1.54) is 13.0 Å². The van der Waals surface area contributed by atoms with E-state index in [0.29, 0.717) is 11.1 Å². The normalized spacial score (nSPS) is 11.1. The van der Waals surface area contributed by atoms with Gasteiger partial charge in [0.15, 0.2) is 17.5 Å². The van der Waals surface area contributed by atoms with E-state index in [0.717, 1.165) is 0 Å². The van der Waals surface area contributed by atoms with Crippen LogP contribution in [0.4, 0.5) is 5.82 Å². The second kappa shape index (κ2) is 6.41. The van der Waals surface area contributed by atoms with E-state index in [9.17, 15) is 9.90 Å². The first kappa shape index (κ1) is 15.7. The molecule has 3 N–H and O–H groups in total. The summed E-state index contributed by atoms with van der Waals surface area (Å²) in [4.78, 5) is 19.3. The zero-order valence-electron chi connectivity index (χ0n) is 12.0. The Morgan fingerprint density at radius 3 is 2.74 bits per heavy atom. The average molecular weight is 309 g/mol. The van der Waals surface area contributed by atoms with E-state index in [1.807, 2.05) is 12.1 Å². The van der Waals surface area contributed by atoms with E-state index in [2.05, 4.69) is 9.97 Å². The molecule has 0 bridgehead atoms. The van der Waals surface area contributed by atoms with Gasteiger partial charge in [-0.2, -0.15) is 15.5 Å². The lowest BCUT2D eigenvalue weighted by Gasteiger charge is -2.12. The van der Waals surface area contributed by atoms with Crippen molar-refractivity contribution >= 4 is 11.8 Å². The molecule has 0 radical (unpaired) electrons. The predicted molar refractivity (Wildman–Crippen MR) is 79.3 cm³/mol. The van der Waals surface area contributed by atoms with Crippen LogP contribution >= 0.6 is 0 Å². The molecule has 23 heavy (non-hydrogen) atoms. The number of anilines is 1. The minimum atomic E-state index is -1.36. The molecule has 1 heterocycles. The number of aromatic carboxylic acids is 1. The lowest BCUT2D eigenvalue weighted by atomic mass is 10.1. The summed E-state index contributed by atoms with van der Waals surface area (Å²) in [5.74, 6) is -1.84. The Hall–Kier alpha value is -3.65. The van der Waals surface area contributed by atoms with Crippen LogP contribution in [0.25, 0.3) is 11.4 Å². The minimum absolute atomic E-state index is 0.102. The maximum atomic E-state index is 11.3. The third-order valence-electron chi connectivity index (χ3n) is 2.84. The molecular weight excluding hydrogens is 298 g/mol. The summed E-state index contributed by atoms with van der Waals surface area (Å²) in [5.41, 5.74) is 6.14. The summed E-state index contributed by atoms with van der Waals surface area (Å²) in [7, 11) is 0. The summed E-state index contributed by atoms with van der Waals surface area (Å²) < 4.78 is 5.22. The van der Waals surface area contributed by atoms with Crippen molar-refractivity contribution in [3.63, 3.8) is 0 Å². The molecule has 1 unspecified atom stereocenters. The number of nitrogens with two attached hydrogens (primary N) is 1. The Balaban J connectivity index is 2.61. The van der Waals surface area contributed by atoms with Crippen LogP contribution in [-0.4, -0.2) is 27.1 Å². The van der Waals surface area contributed by atoms with Gasteiger partial charge in [-0.1, -0.05) is 12.1 Å². The highest BCUT2D eigenvalue weighted by atomic mass is 16.5. The fourth-order valence-corrected chi connectivity index (χ4v) is 1.79. The standard InChI is InChI=1S/C15H11N5O3/c1-8(6-16)23-14-11(15(21)22)12(18)19-13(20-14)10-4-2-3-9(5-10)7-17/h2-5,8H,1H3,(H,21,22)(H2,18,19,20). The summed E-state index contributed by atoms with van der Waals surface area (Å²) in [6.45, 7) is 1.44. The van der Waals surface area contributed by atoms with Gasteiger partial charge in [0.25, 0.3) is 0 Å². The fraction of sp³-hybridized carbons (Fsp3) is 0.133. The number of carboxylic acids is 1. The number of carbonyl (C=O) groups is 1. The van der Waals surface area contributed by atoms with Crippen molar-refractivity contribution in [2.24, 2.45) is 0 Å². The van der Waals surface area contributed by atoms with Gasteiger partial charge >= 0.3 is 5.97 Å². The van der Waals surface area contributed by atoms with Crippen LogP contribution in [0.3, 0.4) is 0 Å². The topological polar surface area (TPSA) is 146 Å². The molecule has 1 aromatic carbocycles. The van der Waals surface area contributed by atoms with Gasteiger partial charge in [-0.15, -0.1) is 0 Å². The molecule has 2 aromatic rings. The molecular formula is C15H11N5O3. The molecule has 0 saturated heterocycles. The highest BCUT2D eigenvalue weighted by Crippen LogP contribution is 2.27. The average Bonchev–Trinajstić information content (AvgIpc) is 2.53. The van der Waals surface area contributed by atoms with E-state index in [-0.39, 0.29) is 17.5 Å². The van der Waals surface area contributed by atoms with E-state index >= 15 is 0 Å². The van der Waals surface area contributed by atoms with Gasteiger partial charge in [0.1, 0.15) is 11.9 Å². The molecule has 8 heteroatoms. The maximum Gasteiger partial charge on any atom is 0.345 e. The van der Waals surface area contributed by atoms with Gasteiger partial charge in [-0.3, -0.25) is 0 Å². The lowest BCUT2D eigenvalue weighted by Crippen LogP contribution is -2.16. The predicted octanol–water partition coefficient (Wildman–Crippen LogP) is 1.59. The molecule has 0 aliphatic heterocycles. The Morgan fingerprint density at radius 2 is 2.13 bits per heavy atom. The van der Waals surface area contributed by atoms with Gasteiger partial charge in [-0.05, 0) is 19.1 Å². The summed E-state index contributed by atoms with van der Waals surface area (Å²) in [6.07, 6.45) is -0.916. The number of benzene rings is 1. The Kier molecular flexibility index (Phi) is 4.39. The third kappa shape index (κ3) is 3.34. The van der Waals surface area contributed by atoms with Gasteiger partial charge in [0.2, 0.25) is 5.88 Å². The maximum absolute atomic E-state index is 11.3. The van der Waals surface area contributed by atoms with Crippen molar-refractivity contribution in [2.75, 3.05) is 5.73 Å². The Bertz CT molecular complexity index is 851. The van der Waals surface area contributed by atoms with Crippen LogP contribution in [0.15, 0.2) is 24.3 Å². The molecule has 0 saturated carbocycles. The van der Waals surface area contributed by atoms with Crippen LogP contribution in [0, 0.1) is 22.7 Å². The Labute approximate surface area is 131 Å². The molecule has 0 aliphatic carbocycles. The number of aromatic nitrogens is 2. The zero-order chi connectivity index (χ0) is 17.0. The quantitative estimate of drug-likeness (QED) is 0.865. The molecule has 1 atom stereocenters. The van der Waals surface area contributed by atoms with Gasteiger partial charge in [-0.25, -0.2) is 9.78 Å². The van der Waals surface area contributed by atoms with Crippen LogP contribution < -0.4 is 10.5 Å². The largest absolute Gasteiger partial charge is 0.477 e. The van der Waals surface area contributed by atoms with Crippen LogP contribution in [-0.2, 0) is 0 Å². The van der Waals surface area contributed by atoms with Gasteiger partial charge in [0, 0.05) is 5.56 Å². The zero-order valence-corrected chi connectivity index (χ0v) is 12.0. The van der Waals surface area contributed by atoms with E-state index < -0.39 is 17.6 Å². The Morgan fingerprint density at radius 1 is 1.39 bits per heavy atom. The number of ether oxygens (including phenoxy) is 1. The SMILES string of the molecule is CC(C#N)Oc1nc(-c2cccc(C#N)c2)nc(N)c1C(=O)O. The monoisotopic (exact) mass is 309 g/mol. The molecule has 0 amide bonds. The number of nitriles is 2.